The number of carbonyl (C=O) groups is 1. The molecule has 0 radical (unpaired) electrons. The van der Waals surface area contributed by atoms with E-state index in [1.807, 2.05) is 17.5 Å². The monoisotopic (exact) mass is 306 g/mol. The van der Waals surface area contributed by atoms with Gasteiger partial charge in [0, 0.05) is 23.6 Å². The van der Waals surface area contributed by atoms with Gasteiger partial charge in [-0.15, -0.1) is 11.3 Å². The number of nitrogens with zero attached hydrogens (tertiary/aromatic N) is 1. The zero-order valence-corrected chi connectivity index (χ0v) is 11.9. The minimum Gasteiger partial charge on any atom is -0.481 e. The van der Waals surface area contributed by atoms with Crippen LogP contribution in [0, 0.1) is 10.1 Å². The third-order valence-corrected chi connectivity index (χ3v) is 3.95. The summed E-state index contributed by atoms with van der Waals surface area (Å²) in [5.74, 6) is -0.871. The summed E-state index contributed by atoms with van der Waals surface area (Å²) in [5.41, 5.74) is 0.909. The summed E-state index contributed by atoms with van der Waals surface area (Å²) in [7, 11) is 0. The Bertz CT molecular complexity index is 610. The van der Waals surface area contributed by atoms with Crippen LogP contribution in [-0.2, 0) is 11.3 Å². The van der Waals surface area contributed by atoms with Crippen molar-refractivity contribution in [3.05, 3.63) is 62.3 Å². The van der Waals surface area contributed by atoms with Gasteiger partial charge in [0.15, 0.2) is 0 Å². The number of hydrogen-bond donors (Lipinski definition) is 2. The Balaban J connectivity index is 2.01. The number of nitro groups is 1. The summed E-state index contributed by atoms with van der Waals surface area (Å²) in [6.07, 6.45) is -0.00645. The molecular formula is C14H14N2O4S. The lowest BCUT2D eigenvalue weighted by molar-refractivity contribution is -0.384. The second-order valence-corrected chi connectivity index (χ2v) is 5.45. The molecule has 0 fully saturated rings. The van der Waals surface area contributed by atoms with Gasteiger partial charge in [0.25, 0.3) is 5.69 Å². The lowest BCUT2D eigenvalue weighted by atomic mass is 10.1. The van der Waals surface area contributed by atoms with Crippen LogP contribution in [0.2, 0.25) is 0 Å². The maximum absolute atomic E-state index is 10.9. The number of carboxylic acid groups (broad SMARTS) is 1. The molecule has 0 saturated heterocycles. The molecule has 1 heterocycles. The molecule has 21 heavy (non-hydrogen) atoms. The van der Waals surface area contributed by atoms with Gasteiger partial charge in [0.05, 0.1) is 17.4 Å². The molecule has 7 heteroatoms. The fourth-order valence-electron chi connectivity index (χ4n) is 1.91. The first kappa shape index (κ1) is 15.1. The van der Waals surface area contributed by atoms with Crippen molar-refractivity contribution in [3.8, 4) is 0 Å². The Morgan fingerprint density at radius 2 is 2.05 bits per heavy atom. The van der Waals surface area contributed by atoms with E-state index in [2.05, 4.69) is 5.32 Å². The molecule has 0 aliphatic rings. The van der Waals surface area contributed by atoms with Gasteiger partial charge in [-0.25, -0.2) is 0 Å². The molecule has 6 nitrogen and oxygen atoms in total. The largest absolute Gasteiger partial charge is 0.481 e. The second-order valence-electron chi connectivity index (χ2n) is 4.47. The number of benzene rings is 1. The van der Waals surface area contributed by atoms with Crippen LogP contribution in [0.15, 0.2) is 41.8 Å². The molecule has 1 aromatic carbocycles. The van der Waals surface area contributed by atoms with Crippen molar-refractivity contribution in [2.75, 3.05) is 0 Å². The molecule has 2 rings (SSSR count). The molecule has 0 aliphatic heterocycles. The standard InChI is InChI=1S/C14H14N2O4S/c17-14(18)8-12(13-2-1-7-21-13)15-9-10-3-5-11(6-4-10)16(19)20/h1-7,12,15H,8-9H2,(H,17,18). The molecule has 0 bridgehead atoms. The van der Waals surface area contributed by atoms with Gasteiger partial charge in [-0.1, -0.05) is 18.2 Å². The van der Waals surface area contributed by atoms with Crippen molar-refractivity contribution >= 4 is 23.0 Å². The third-order valence-electron chi connectivity index (χ3n) is 2.97. The van der Waals surface area contributed by atoms with Gasteiger partial charge in [-0.3, -0.25) is 14.9 Å². The van der Waals surface area contributed by atoms with Gasteiger partial charge in [-0.05, 0) is 17.0 Å². The van der Waals surface area contributed by atoms with E-state index in [0.29, 0.717) is 6.54 Å². The SMILES string of the molecule is O=C(O)CC(NCc1ccc([N+](=O)[O-])cc1)c1cccs1. The minimum atomic E-state index is -0.871. The average Bonchev–Trinajstić information content (AvgIpc) is 2.97. The first-order valence-electron chi connectivity index (χ1n) is 6.28. The normalized spacial score (nSPS) is 12.0. The van der Waals surface area contributed by atoms with Crippen molar-refractivity contribution in [2.24, 2.45) is 0 Å². The zero-order chi connectivity index (χ0) is 15.2. The van der Waals surface area contributed by atoms with Crippen LogP contribution in [0.1, 0.15) is 22.9 Å². The Kier molecular flexibility index (Phi) is 5.02. The van der Waals surface area contributed by atoms with Crippen LogP contribution in [0.25, 0.3) is 0 Å². The van der Waals surface area contributed by atoms with Crippen molar-refractivity contribution in [1.82, 2.24) is 5.32 Å². The van der Waals surface area contributed by atoms with Crippen LogP contribution >= 0.6 is 11.3 Å². The fraction of sp³-hybridized carbons (Fsp3) is 0.214. The summed E-state index contributed by atoms with van der Waals surface area (Å²) >= 11 is 1.50. The number of rotatable bonds is 7. The van der Waals surface area contributed by atoms with Crippen LogP contribution < -0.4 is 5.32 Å². The van der Waals surface area contributed by atoms with Gasteiger partial charge in [0.1, 0.15) is 0 Å². The molecule has 1 aromatic heterocycles. The molecule has 0 saturated carbocycles. The molecule has 1 unspecified atom stereocenters. The third kappa shape index (κ3) is 4.37. The molecule has 2 N–H and O–H groups in total. The molecule has 0 amide bonds. The highest BCUT2D eigenvalue weighted by atomic mass is 32.1. The highest BCUT2D eigenvalue weighted by Crippen LogP contribution is 2.22. The summed E-state index contributed by atoms with van der Waals surface area (Å²) in [5, 5.41) is 24.6. The smallest absolute Gasteiger partial charge is 0.305 e. The van der Waals surface area contributed by atoms with E-state index >= 15 is 0 Å². The predicted molar refractivity (Wildman–Crippen MR) is 79.2 cm³/mol. The molecule has 1 atom stereocenters. The fourth-order valence-corrected chi connectivity index (χ4v) is 2.72. The van der Waals surface area contributed by atoms with Crippen LogP contribution in [-0.4, -0.2) is 16.0 Å². The van der Waals surface area contributed by atoms with Gasteiger partial charge in [-0.2, -0.15) is 0 Å². The van der Waals surface area contributed by atoms with E-state index in [-0.39, 0.29) is 18.2 Å². The lowest BCUT2D eigenvalue weighted by Gasteiger charge is -2.15. The Morgan fingerprint density at radius 3 is 2.57 bits per heavy atom. The van der Waals surface area contributed by atoms with Gasteiger partial charge < -0.3 is 10.4 Å². The first-order chi connectivity index (χ1) is 10.1. The lowest BCUT2D eigenvalue weighted by Crippen LogP contribution is -2.22. The molecule has 110 valence electrons. The van der Waals surface area contributed by atoms with E-state index in [0.717, 1.165) is 10.4 Å². The Labute approximate surface area is 125 Å². The average molecular weight is 306 g/mol. The van der Waals surface area contributed by atoms with Gasteiger partial charge in [0.2, 0.25) is 0 Å². The summed E-state index contributed by atoms with van der Waals surface area (Å²) in [6.45, 7) is 0.452. The molecular weight excluding hydrogens is 292 g/mol. The molecule has 2 aromatic rings. The van der Waals surface area contributed by atoms with E-state index in [1.165, 1.54) is 23.5 Å². The highest BCUT2D eigenvalue weighted by Gasteiger charge is 2.16. The number of hydrogen-bond acceptors (Lipinski definition) is 5. The van der Waals surface area contributed by atoms with Crippen molar-refractivity contribution in [3.63, 3.8) is 0 Å². The minimum absolute atomic E-state index is 0.00645. The number of nitrogens with one attached hydrogen (secondary N) is 1. The van der Waals surface area contributed by atoms with E-state index in [9.17, 15) is 14.9 Å². The maximum Gasteiger partial charge on any atom is 0.305 e. The second kappa shape index (κ2) is 6.96. The molecule has 0 aliphatic carbocycles. The van der Waals surface area contributed by atoms with E-state index in [4.69, 9.17) is 5.11 Å². The first-order valence-corrected chi connectivity index (χ1v) is 7.16. The maximum atomic E-state index is 10.9. The summed E-state index contributed by atoms with van der Waals surface area (Å²) < 4.78 is 0. The van der Waals surface area contributed by atoms with Crippen LogP contribution in [0.3, 0.4) is 0 Å². The Hall–Kier alpha value is -2.25. The van der Waals surface area contributed by atoms with E-state index < -0.39 is 10.9 Å². The van der Waals surface area contributed by atoms with Crippen molar-refractivity contribution < 1.29 is 14.8 Å². The number of aliphatic carboxylic acids is 1. The van der Waals surface area contributed by atoms with Crippen molar-refractivity contribution in [1.29, 1.82) is 0 Å². The highest BCUT2D eigenvalue weighted by molar-refractivity contribution is 7.10. The quantitative estimate of drug-likeness (QED) is 0.606. The number of carboxylic acids is 1. The van der Waals surface area contributed by atoms with Crippen LogP contribution in [0.4, 0.5) is 5.69 Å². The van der Waals surface area contributed by atoms with Crippen LogP contribution in [0.5, 0.6) is 0 Å². The topological polar surface area (TPSA) is 92.5 Å². The van der Waals surface area contributed by atoms with Gasteiger partial charge >= 0.3 is 5.97 Å². The van der Waals surface area contributed by atoms with Crippen molar-refractivity contribution in [2.45, 2.75) is 19.0 Å². The molecule has 0 spiro atoms. The summed E-state index contributed by atoms with van der Waals surface area (Å²) in [6, 6.07) is 9.71. The predicted octanol–water partition coefficient (Wildman–Crippen LogP) is 2.96. The number of nitro benzene ring substituents is 1. The summed E-state index contributed by atoms with van der Waals surface area (Å²) in [4.78, 5) is 22.0. The Morgan fingerprint density at radius 1 is 1.33 bits per heavy atom. The zero-order valence-electron chi connectivity index (χ0n) is 11.1. The van der Waals surface area contributed by atoms with E-state index in [1.54, 1.807) is 12.1 Å². The number of non-ortho nitro benzene ring substituents is 1. The number of thiophene rings is 1.